The number of rotatable bonds is 5. The summed E-state index contributed by atoms with van der Waals surface area (Å²) in [5.41, 5.74) is 3.08. The number of aromatic nitrogens is 1. The van der Waals surface area contributed by atoms with E-state index in [0.717, 1.165) is 27.8 Å². The number of benzene rings is 2. The van der Waals surface area contributed by atoms with Gasteiger partial charge in [-0.05, 0) is 30.2 Å². The number of hydrogen-bond donors (Lipinski definition) is 2. The van der Waals surface area contributed by atoms with Gasteiger partial charge in [0.25, 0.3) is 0 Å². The maximum Gasteiger partial charge on any atom is 0.239 e. The molecule has 1 aliphatic rings. The molecule has 0 radical (unpaired) electrons. The Labute approximate surface area is 160 Å². The average molecular weight is 378 g/mol. The van der Waals surface area contributed by atoms with E-state index in [9.17, 15) is 4.79 Å². The summed E-state index contributed by atoms with van der Waals surface area (Å²) < 4.78 is 5.16. The molecule has 0 aliphatic carbocycles. The molecule has 1 aromatic heterocycles. The van der Waals surface area contributed by atoms with Gasteiger partial charge in [-0.25, -0.2) is 0 Å². The third-order valence-electron chi connectivity index (χ3n) is 4.32. The molecule has 2 aromatic carbocycles. The molecule has 6 nitrogen and oxygen atoms in total. The largest absolute Gasteiger partial charge is 0.497 e. The molecule has 1 amide bonds. The molecule has 136 valence electrons. The Hall–Kier alpha value is -3.06. The molecule has 1 atom stereocenters. The van der Waals surface area contributed by atoms with Crippen LogP contribution >= 0.6 is 11.8 Å². The number of carbonyl (C=O) groups excluding carboxylic acids is 1. The zero-order valence-corrected chi connectivity index (χ0v) is 15.5. The molecule has 27 heavy (non-hydrogen) atoms. The van der Waals surface area contributed by atoms with Crippen molar-refractivity contribution in [2.24, 2.45) is 10.2 Å². The fraction of sp³-hybridized carbons (Fsp3) is 0.150. The van der Waals surface area contributed by atoms with Gasteiger partial charge in [0.05, 0.1) is 18.6 Å². The van der Waals surface area contributed by atoms with Crippen LogP contribution in [0.15, 0.2) is 64.9 Å². The Morgan fingerprint density at radius 3 is 2.81 bits per heavy atom. The highest BCUT2D eigenvalue weighted by molar-refractivity contribution is 8.15. The normalized spacial score (nSPS) is 18.5. The molecule has 3 aromatic rings. The minimum atomic E-state index is -0.208. The van der Waals surface area contributed by atoms with Crippen molar-refractivity contribution in [2.75, 3.05) is 7.11 Å². The number of nitrogens with one attached hydrogen (secondary N) is 2. The highest BCUT2D eigenvalue weighted by Crippen LogP contribution is 2.24. The highest BCUT2D eigenvalue weighted by Gasteiger charge is 2.30. The van der Waals surface area contributed by atoms with Crippen molar-refractivity contribution < 1.29 is 9.53 Å². The minimum absolute atomic E-state index is 0.0446. The summed E-state index contributed by atoms with van der Waals surface area (Å²) in [7, 11) is 1.63. The van der Waals surface area contributed by atoms with Crippen LogP contribution in [-0.4, -0.2) is 34.6 Å². The van der Waals surface area contributed by atoms with Crippen LogP contribution in [0.1, 0.15) is 11.1 Å². The van der Waals surface area contributed by atoms with Gasteiger partial charge in [0, 0.05) is 22.7 Å². The van der Waals surface area contributed by atoms with Gasteiger partial charge in [-0.3, -0.25) is 4.79 Å². The number of amidine groups is 1. The molecule has 2 heterocycles. The Kier molecular flexibility index (Phi) is 4.93. The second-order valence-corrected chi connectivity index (χ2v) is 7.28. The molecule has 0 spiro atoms. The fourth-order valence-electron chi connectivity index (χ4n) is 2.91. The first-order valence-electron chi connectivity index (χ1n) is 8.50. The summed E-state index contributed by atoms with van der Waals surface area (Å²) in [6, 6.07) is 15.7. The summed E-state index contributed by atoms with van der Waals surface area (Å²) in [4.78, 5) is 15.4. The monoisotopic (exact) mass is 378 g/mol. The lowest BCUT2D eigenvalue weighted by atomic mass is 10.1. The van der Waals surface area contributed by atoms with Crippen molar-refractivity contribution in [3.8, 4) is 5.75 Å². The summed E-state index contributed by atoms with van der Waals surface area (Å²) >= 11 is 1.40. The van der Waals surface area contributed by atoms with Crippen LogP contribution in [0.3, 0.4) is 0 Å². The fourth-order valence-corrected chi connectivity index (χ4v) is 3.87. The van der Waals surface area contributed by atoms with Gasteiger partial charge >= 0.3 is 0 Å². The number of fused-ring (bicyclic) bond motifs is 1. The predicted molar refractivity (Wildman–Crippen MR) is 110 cm³/mol. The van der Waals surface area contributed by atoms with Crippen LogP contribution in [0.2, 0.25) is 0 Å². The number of aromatic amines is 1. The van der Waals surface area contributed by atoms with Crippen LogP contribution < -0.4 is 10.1 Å². The van der Waals surface area contributed by atoms with Crippen LogP contribution in [0.25, 0.3) is 10.9 Å². The van der Waals surface area contributed by atoms with E-state index in [0.29, 0.717) is 11.6 Å². The number of thioether (sulfide) groups is 1. The van der Waals surface area contributed by atoms with Crippen molar-refractivity contribution in [3.63, 3.8) is 0 Å². The van der Waals surface area contributed by atoms with E-state index in [4.69, 9.17) is 4.74 Å². The lowest BCUT2D eigenvalue weighted by molar-refractivity contribution is -0.118. The molecular weight excluding hydrogens is 360 g/mol. The second-order valence-electron chi connectivity index (χ2n) is 6.09. The summed E-state index contributed by atoms with van der Waals surface area (Å²) in [6.07, 6.45) is 4.21. The van der Waals surface area contributed by atoms with Gasteiger partial charge in [0.15, 0.2) is 5.17 Å². The van der Waals surface area contributed by atoms with Gasteiger partial charge in [0.1, 0.15) is 5.75 Å². The molecule has 7 heteroatoms. The maximum atomic E-state index is 12.2. The number of carbonyl (C=O) groups is 1. The summed E-state index contributed by atoms with van der Waals surface area (Å²) in [5.74, 6) is 0.757. The molecule has 2 N–H and O–H groups in total. The van der Waals surface area contributed by atoms with Crippen molar-refractivity contribution in [1.29, 1.82) is 0 Å². The molecule has 4 rings (SSSR count). The Bertz CT molecular complexity index is 1020. The minimum Gasteiger partial charge on any atom is -0.497 e. The van der Waals surface area contributed by atoms with E-state index in [2.05, 4.69) is 20.5 Å². The van der Waals surface area contributed by atoms with Gasteiger partial charge in [0.2, 0.25) is 5.91 Å². The van der Waals surface area contributed by atoms with E-state index in [1.807, 2.05) is 54.7 Å². The number of amides is 1. The first-order chi connectivity index (χ1) is 13.2. The third-order valence-corrected chi connectivity index (χ3v) is 5.40. The lowest BCUT2D eigenvalue weighted by Gasteiger charge is -2.06. The molecule has 1 saturated heterocycles. The Morgan fingerprint density at radius 1 is 1.19 bits per heavy atom. The molecule has 0 unspecified atom stereocenters. The zero-order valence-electron chi connectivity index (χ0n) is 14.7. The number of H-pyrrole nitrogens is 1. The van der Waals surface area contributed by atoms with Gasteiger partial charge in [-0.1, -0.05) is 42.1 Å². The Morgan fingerprint density at radius 2 is 2.00 bits per heavy atom. The lowest BCUT2D eigenvalue weighted by Crippen LogP contribution is -2.25. The second kappa shape index (κ2) is 7.67. The smallest absolute Gasteiger partial charge is 0.239 e. The molecular formula is C20H18N4O2S. The van der Waals surface area contributed by atoms with Gasteiger partial charge < -0.3 is 15.0 Å². The van der Waals surface area contributed by atoms with Gasteiger partial charge in [-0.15, -0.1) is 5.10 Å². The standard InChI is InChI=1S/C20H18N4O2S/c1-26-15-8-6-13(7-9-15)10-18-19(25)23-20(27-18)24-22-12-14-11-21-17-5-3-2-4-16(14)17/h2-9,11-12,18,21H,10H2,1H3,(H,23,24,25)/b22-12+/t18-/m1/s1. The van der Waals surface area contributed by atoms with Gasteiger partial charge in [-0.2, -0.15) is 5.10 Å². The number of methoxy groups -OCH3 is 1. The molecule has 1 fully saturated rings. The summed E-state index contributed by atoms with van der Waals surface area (Å²) in [6.45, 7) is 0. The van der Waals surface area contributed by atoms with Crippen molar-refractivity contribution in [1.82, 2.24) is 10.3 Å². The van der Waals surface area contributed by atoms with E-state index >= 15 is 0 Å². The van der Waals surface area contributed by atoms with Crippen LogP contribution in [-0.2, 0) is 11.2 Å². The van der Waals surface area contributed by atoms with E-state index in [-0.39, 0.29) is 11.2 Å². The van der Waals surface area contributed by atoms with E-state index < -0.39 is 0 Å². The van der Waals surface area contributed by atoms with E-state index in [1.54, 1.807) is 13.3 Å². The maximum absolute atomic E-state index is 12.2. The number of para-hydroxylation sites is 1. The van der Waals surface area contributed by atoms with Crippen molar-refractivity contribution in [3.05, 3.63) is 65.9 Å². The first-order valence-corrected chi connectivity index (χ1v) is 9.38. The number of nitrogens with zero attached hydrogens (tertiary/aromatic N) is 2. The molecule has 0 saturated carbocycles. The SMILES string of the molecule is COc1ccc(C[C@H]2S/C(=N/N=C/c3c[nH]c4ccccc34)NC2=O)cc1. The van der Waals surface area contributed by atoms with Crippen LogP contribution in [0, 0.1) is 0 Å². The molecule has 1 aliphatic heterocycles. The predicted octanol–water partition coefficient (Wildman–Crippen LogP) is 3.34. The third kappa shape index (κ3) is 3.88. The Balaban J connectivity index is 1.42. The van der Waals surface area contributed by atoms with Crippen molar-refractivity contribution in [2.45, 2.75) is 11.7 Å². The average Bonchev–Trinajstić information content (AvgIpc) is 3.26. The highest BCUT2D eigenvalue weighted by atomic mass is 32.2. The topological polar surface area (TPSA) is 78.8 Å². The number of ether oxygens (including phenoxy) is 1. The quantitative estimate of drug-likeness (QED) is 0.528. The van der Waals surface area contributed by atoms with Crippen molar-refractivity contribution >= 4 is 40.0 Å². The van der Waals surface area contributed by atoms with Crippen LogP contribution in [0.5, 0.6) is 5.75 Å². The first kappa shape index (κ1) is 17.4. The molecule has 0 bridgehead atoms. The summed E-state index contributed by atoms with van der Waals surface area (Å²) in [5, 5.41) is 12.5. The van der Waals surface area contributed by atoms with E-state index in [1.165, 1.54) is 11.8 Å². The number of hydrogen-bond acceptors (Lipinski definition) is 5. The van der Waals surface area contributed by atoms with Crippen LogP contribution in [0.4, 0.5) is 0 Å². The zero-order chi connectivity index (χ0) is 18.6.